The number of halogens is 1. The molecule has 5 rings (SSSR count). The first-order valence-corrected chi connectivity index (χ1v) is 11.4. The minimum Gasteiger partial charge on any atom is -0.859 e. The van der Waals surface area contributed by atoms with Gasteiger partial charge in [-0.25, -0.2) is 19.1 Å². The van der Waals surface area contributed by atoms with Gasteiger partial charge in [0.15, 0.2) is 5.69 Å². The Hall–Kier alpha value is -2.96. The molecule has 2 aromatic heterocycles. The van der Waals surface area contributed by atoms with E-state index in [0.29, 0.717) is 5.13 Å². The predicted molar refractivity (Wildman–Crippen MR) is 130 cm³/mol. The maximum Gasteiger partial charge on any atom is 0.257 e. The van der Waals surface area contributed by atoms with Crippen LogP contribution in [0, 0.1) is 13.8 Å². The molecule has 5 nitrogen and oxygen atoms in total. The van der Waals surface area contributed by atoms with Gasteiger partial charge in [0, 0.05) is 22.4 Å². The van der Waals surface area contributed by atoms with Crippen LogP contribution < -0.4 is 9.67 Å². The summed E-state index contributed by atoms with van der Waals surface area (Å²) >= 11 is 1.40. The third-order valence-corrected chi connectivity index (χ3v) is 6.44. The molecule has 7 heteroatoms. The predicted octanol–water partition coefficient (Wildman–Crippen LogP) is 4.64. The molecular formula is C25H25ClN4OS. The SMILES string of the molecule is Cc1ccc(-c2csc(N=C([O-])C[n+]3cc(-c4ccc(C)cc4)n4c3CCC4)n2)cc1.Cl. The molecule has 164 valence electrons. The van der Waals surface area contributed by atoms with Gasteiger partial charge in [-0.1, -0.05) is 59.7 Å². The largest absolute Gasteiger partial charge is 0.859 e. The summed E-state index contributed by atoms with van der Waals surface area (Å²) in [6, 6.07) is 16.8. The van der Waals surface area contributed by atoms with Crippen LogP contribution in [0.25, 0.3) is 22.5 Å². The van der Waals surface area contributed by atoms with E-state index in [0.717, 1.165) is 36.3 Å². The molecule has 32 heavy (non-hydrogen) atoms. The highest BCUT2D eigenvalue weighted by Gasteiger charge is 2.28. The van der Waals surface area contributed by atoms with E-state index >= 15 is 0 Å². The average Bonchev–Trinajstić information content (AvgIpc) is 3.48. The molecule has 0 saturated heterocycles. The Morgan fingerprint density at radius 1 is 1.06 bits per heavy atom. The molecule has 0 atom stereocenters. The van der Waals surface area contributed by atoms with Crippen LogP contribution in [0.2, 0.25) is 0 Å². The highest BCUT2D eigenvalue weighted by molar-refractivity contribution is 7.13. The Balaban J connectivity index is 0.00000245. The minimum atomic E-state index is -0.175. The lowest BCUT2D eigenvalue weighted by molar-refractivity contribution is -0.693. The molecule has 1 aliphatic heterocycles. The van der Waals surface area contributed by atoms with Gasteiger partial charge in [-0.15, -0.1) is 23.7 Å². The smallest absolute Gasteiger partial charge is 0.257 e. The molecule has 0 N–H and O–H groups in total. The van der Waals surface area contributed by atoms with Crippen LogP contribution in [0.4, 0.5) is 5.13 Å². The van der Waals surface area contributed by atoms with E-state index in [1.165, 1.54) is 33.9 Å². The van der Waals surface area contributed by atoms with Crippen LogP contribution in [0.1, 0.15) is 23.4 Å². The molecule has 1 aliphatic rings. The first-order valence-electron chi connectivity index (χ1n) is 10.5. The standard InChI is InChI=1S/C25H24N4OS.ClH/c1-17-5-9-19(10-6-17)21-16-31-25(26-21)27-23(30)15-28-14-22(29-13-3-4-24(28)29)20-11-7-18(2)8-12-20;/h5-12,14,16H,3-4,13,15H2,1-2H3;1H. The zero-order valence-electron chi connectivity index (χ0n) is 18.1. The van der Waals surface area contributed by atoms with E-state index < -0.39 is 0 Å². The topological polar surface area (TPSA) is 57.1 Å². The number of aromatic nitrogens is 3. The summed E-state index contributed by atoms with van der Waals surface area (Å²) in [5, 5.41) is 15.2. The number of thiazole rings is 1. The molecule has 0 saturated carbocycles. The zero-order chi connectivity index (χ0) is 21.4. The summed E-state index contributed by atoms with van der Waals surface area (Å²) in [5.74, 6) is 1.02. The molecule has 0 amide bonds. The lowest BCUT2D eigenvalue weighted by Crippen LogP contribution is -2.43. The highest BCUT2D eigenvalue weighted by atomic mass is 35.5. The molecule has 4 aromatic rings. The summed E-state index contributed by atoms with van der Waals surface area (Å²) in [6.07, 6.45) is 4.17. The Labute approximate surface area is 198 Å². The number of imidazole rings is 1. The number of benzene rings is 2. The second kappa shape index (κ2) is 9.27. The lowest BCUT2D eigenvalue weighted by atomic mass is 10.1. The highest BCUT2D eigenvalue weighted by Crippen LogP contribution is 2.27. The van der Waals surface area contributed by atoms with E-state index in [9.17, 15) is 5.11 Å². The number of aryl methyl sites for hydroxylation is 2. The van der Waals surface area contributed by atoms with Gasteiger partial charge in [0.1, 0.15) is 12.7 Å². The quantitative estimate of drug-likeness (QED) is 0.245. The van der Waals surface area contributed by atoms with Gasteiger partial charge < -0.3 is 5.11 Å². The lowest BCUT2D eigenvalue weighted by Gasteiger charge is -2.07. The molecular weight excluding hydrogens is 440 g/mol. The first kappa shape index (κ1) is 22.2. The van der Waals surface area contributed by atoms with E-state index in [1.807, 2.05) is 17.5 Å². The number of rotatable bonds is 5. The first-order chi connectivity index (χ1) is 15.1. The molecule has 2 aromatic carbocycles. The van der Waals surface area contributed by atoms with Crippen LogP contribution >= 0.6 is 23.7 Å². The summed E-state index contributed by atoms with van der Waals surface area (Å²) in [6.45, 7) is 5.38. The number of fused-ring (bicyclic) bond motifs is 1. The van der Waals surface area contributed by atoms with Crippen LogP contribution in [0.15, 0.2) is 65.1 Å². The van der Waals surface area contributed by atoms with Gasteiger partial charge in [-0.3, -0.25) is 0 Å². The molecule has 0 spiro atoms. The summed E-state index contributed by atoms with van der Waals surface area (Å²) in [7, 11) is 0. The van der Waals surface area contributed by atoms with Gasteiger partial charge in [-0.2, -0.15) is 0 Å². The fourth-order valence-corrected chi connectivity index (χ4v) is 4.77. The fraction of sp³-hybridized carbons (Fsp3) is 0.240. The Bertz CT molecular complexity index is 1260. The van der Waals surface area contributed by atoms with Crippen molar-refractivity contribution in [1.29, 1.82) is 0 Å². The van der Waals surface area contributed by atoms with Gasteiger partial charge in [0.05, 0.1) is 18.7 Å². The number of nitrogens with zero attached hydrogens (tertiary/aromatic N) is 4. The third kappa shape index (κ3) is 4.47. The zero-order valence-corrected chi connectivity index (χ0v) is 19.7. The maximum atomic E-state index is 12.7. The number of hydrogen-bond donors (Lipinski definition) is 0. The Morgan fingerprint density at radius 2 is 1.72 bits per heavy atom. The van der Waals surface area contributed by atoms with Crippen molar-refractivity contribution in [2.75, 3.05) is 0 Å². The van der Waals surface area contributed by atoms with Crippen molar-refractivity contribution in [3.63, 3.8) is 0 Å². The van der Waals surface area contributed by atoms with Gasteiger partial charge in [0.2, 0.25) is 5.13 Å². The third-order valence-electron chi connectivity index (χ3n) is 5.71. The Morgan fingerprint density at radius 3 is 2.41 bits per heavy atom. The van der Waals surface area contributed by atoms with E-state index in [-0.39, 0.29) is 24.8 Å². The van der Waals surface area contributed by atoms with Crippen molar-refractivity contribution in [3.8, 4) is 22.5 Å². The molecule has 0 bridgehead atoms. The average molecular weight is 465 g/mol. The van der Waals surface area contributed by atoms with E-state index in [1.54, 1.807) is 0 Å². The van der Waals surface area contributed by atoms with Crippen molar-refractivity contribution in [2.24, 2.45) is 4.99 Å². The van der Waals surface area contributed by atoms with Crippen LogP contribution in [0.3, 0.4) is 0 Å². The van der Waals surface area contributed by atoms with Crippen LogP contribution in [-0.4, -0.2) is 15.4 Å². The van der Waals surface area contributed by atoms with Gasteiger partial charge in [-0.05, 0) is 20.3 Å². The van der Waals surface area contributed by atoms with Gasteiger partial charge >= 0.3 is 0 Å². The second-order valence-electron chi connectivity index (χ2n) is 8.07. The van der Waals surface area contributed by atoms with Crippen molar-refractivity contribution in [1.82, 2.24) is 9.55 Å². The fourth-order valence-electron chi connectivity index (χ4n) is 4.06. The summed E-state index contributed by atoms with van der Waals surface area (Å²) in [5.41, 5.74) is 6.69. The van der Waals surface area contributed by atoms with Crippen LogP contribution in [0.5, 0.6) is 0 Å². The van der Waals surface area contributed by atoms with Crippen molar-refractivity contribution < 1.29 is 9.67 Å². The molecule has 0 unspecified atom stereocenters. The second-order valence-corrected chi connectivity index (χ2v) is 8.90. The van der Waals surface area contributed by atoms with E-state index in [2.05, 4.69) is 75.6 Å². The van der Waals surface area contributed by atoms with Crippen LogP contribution in [-0.2, 0) is 19.5 Å². The monoisotopic (exact) mass is 464 g/mol. The normalized spacial score (nSPS) is 13.1. The number of hydrogen-bond acceptors (Lipinski definition) is 4. The van der Waals surface area contributed by atoms with Crippen molar-refractivity contribution >= 4 is 34.8 Å². The molecule has 0 radical (unpaired) electrons. The Kier molecular flexibility index (Phi) is 6.44. The number of aliphatic imine (C=N–C) groups is 1. The summed E-state index contributed by atoms with van der Waals surface area (Å²) in [4.78, 5) is 8.82. The minimum absolute atomic E-state index is 0. The molecule has 3 heterocycles. The molecule has 0 fully saturated rings. The van der Waals surface area contributed by atoms with Crippen molar-refractivity contribution in [3.05, 3.63) is 77.1 Å². The summed E-state index contributed by atoms with van der Waals surface area (Å²) < 4.78 is 4.39. The van der Waals surface area contributed by atoms with E-state index in [4.69, 9.17) is 0 Å². The molecule has 0 aliphatic carbocycles. The van der Waals surface area contributed by atoms with Crippen molar-refractivity contribution in [2.45, 2.75) is 39.8 Å². The maximum absolute atomic E-state index is 12.7. The van der Waals surface area contributed by atoms with Gasteiger partial charge in [0.25, 0.3) is 5.82 Å².